The van der Waals surface area contributed by atoms with Crippen LogP contribution in [-0.2, 0) is 19.1 Å². The van der Waals surface area contributed by atoms with Gasteiger partial charge in [-0.2, -0.15) is 0 Å². The van der Waals surface area contributed by atoms with Gasteiger partial charge in [0.15, 0.2) is 0 Å². The summed E-state index contributed by atoms with van der Waals surface area (Å²) in [6.07, 6.45) is 0. The first-order chi connectivity index (χ1) is 10.4. The van der Waals surface area contributed by atoms with Crippen molar-refractivity contribution in [3.63, 3.8) is 0 Å². The van der Waals surface area contributed by atoms with Crippen LogP contribution >= 0.6 is 0 Å². The Bertz CT molecular complexity index is 385. The molecule has 0 saturated heterocycles. The van der Waals surface area contributed by atoms with E-state index >= 15 is 0 Å². The maximum absolute atomic E-state index is 12.8. The van der Waals surface area contributed by atoms with Crippen LogP contribution < -0.4 is 0 Å². The quantitative estimate of drug-likeness (QED) is 0.592. The Labute approximate surface area is 142 Å². The zero-order chi connectivity index (χ0) is 18.4. The lowest BCUT2D eigenvalue weighted by molar-refractivity contribution is -0.176. The van der Waals surface area contributed by atoms with Crippen molar-refractivity contribution in [2.24, 2.45) is 35.0 Å². The average molecular weight is 328 g/mol. The lowest BCUT2D eigenvalue weighted by Crippen LogP contribution is -2.48. The largest absolute Gasteiger partial charge is 0.465 e. The second kappa shape index (κ2) is 9.29. The average Bonchev–Trinajstić information content (AvgIpc) is 2.41. The molecular weight excluding hydrogens is 292 g/mol. The third-order valence-electron chi connectivity index (χ3n) is 4.31. The normalized spacial score (nSPS) is 15.9. The highest BCUT2D eigenvalue weighted by molar-refractivity contribution is 5.85. The summed E-state index contributed by atoms with van der Waals surface area (Å²) in [6.45, 7) is 18.4. The molecule has 0 aromatic rings. The van der Waals surface area contributed by atoms with Crippen LogP contribution in [0, 0.1) is 35.0 Å². The Morgan fingerprint density at radius 1 is 0.826 bits per heavy atom. The van der Waals surface area contributed by atoms with Gasteiger partial charge in [0.25, 0.3) is 0 Å². The number of hydrogen-bond donors (Lipinski definition) is 0. The molecule has 2 atom stereocenters. The van der Waals surface area contributed by atoms with E-state index in [9.17, 15) is 9.59 Å². The number of ether oxygens (including phenoxy) is 2. The van der Waals surface area contributed by atoms with Gasteiger partial charge in [-0.3, -0.25) is 9.59 Å². The number of carbonyl (C=O) groups excluding carboxylic acids is 2. The van der Waals surface area contributed by atoms with E-state index in [1.807, 2.05) is 62.3 Å². The predicted molar refractivity (Wildman–Crippen MR) is 92.9 cm³/mol. The van der Waals surface area contributed by atoms with E-state index in [0.717, 1.165) is 0 Å². The molecule has 2 unspecified atom stereocenters. The van der Waals surface area contributed by atoms with E-state index in [0.29, 0.717) is 13.2 Å². The van der Waals surface area contributed by atoms with Crippen LogP contribution in [0.3, 0.4) is 0 Å². The molecule has 0 N–H and O–H groups in total. The van der Waals surface area contributed by atoms with Crippen LogP contribution in [0.15, 0.2) is 0 Å². The summed E-state index contributed by atoms with van der Waals surface area (Å²) in [7, 11) is 0. The smallest absolute Gasteiger partial charge is 0.312 e. The molecule has 0 aliphatic carbocycles. The van der Waals surface area contributed by atoms with Crippen molar-refractivity contribution in [1.82, 2.24) is 0 Å². The molecular formula is C19H36O4. The Morgan fingerprint density at radius 3 is 1.61 bits per heavy atom. The van der Waals surface area contributed by atoms with Gasteiger partial charge in [0.05, 0.1) is 24.5 Å². The van der Waals surface area contributed by atoms with Crippen LogP contribution in [0.4, 0.5) is 0 Å². The highest BCUT2D eigenvalue weighted by Gasteiger charge is 2.51. The van der Waals surface area contributed by atoms with Gasteiger partial charge in [0.1, 0.15) is 0 Å². The van der Waals surface area contributed by atoms with Crippen molar-refractivity contribution < 1.29 is 19.1 Å². The molecule has 0 aromatic carbocycles. The van der Waals surface area contributed by atoms with Gasteiger partial charge < -0.3 is 9.47 Å². The number of rotatable bonds is 9. The predicted octanol–water partition coefficient (Wildman–Crippen LogP) is 4.32. The lowest BCUT2D eigenvalue weighted by Gasteiger charge is -2.39. The molecule has 4 nitrogen and oxygen atoms in total. The fourth-order valence-corrected chi connectivity index (χ4v) is 2.67. The van der Waals surface area contributed by atoms with E-state index in [1.54, 1.807) is 0 Å². The molecule has 136 valence electrons. The second-order valence-corrected chi connectivity index (χ2v) is 8.18. The molecule has 0 bridgehead atoms. The first kappa shape index (κ1) is 21.9. The van der Waals surface area contributed by atoms with Gasteiger partial charge in [0.2, 0.25) is 0 Å². The second-order valence-electron chi connectivity index (χ2n) is 8.18. The van der Waals surface area contributed by atoms with Crippen molar-refractivity contribution in [1.29, 1.82) is 0 Å². The standard InChI is InChI=1S/C19H36O4/c1-12(2)10-22-17(20)16(14(5)6)19(9,15(7)8)18(21)23-11-13(3)4/h12-16H,10-11H2,1-9H3. The molecule has 0 fully saturated rings. The highest BCUT2D eigenvalue weighted by Crippen LogP contribution is 2.42. The summed E-state index contributed by atoms with van der Waals surface area (Å²) in [6, 6.07) is 0. The van der Waals surface area contributed by atoms with E-state index in [4.69, 9.17) is 9.47 Å². The number of hydrogen-bond acceptors (Lipinski definition) is 4. The van der Waals surface area contributed by atoms with Crippen molar-refractivity contribution in [2.45, 2.75) is 62.3 Å². The number of esters is 2. The summed E-state index contributed by atoms with van der Waals surface area (Å²) >= 11 is 0. The van der Waals surface area contributed by atoms with E-state index < -0.39 is 11.3 Å². The monoisotopic (exact) mass is 328 g/mol. The maximum atomic E-state index is 12.8. The van der Waals surface area contributed by atoms with Crippen LogP contribution in [0.2, 0.25) is 0 Å². The Morgan fingerprint density at radius 2 is 1.26 bits per heavy atom. The fraction of sp³-hybridized carbons (Fsp3) is 0.895. The van der Waals surface area contributed by atoms with Crippen LogP contribution in [0.5, 0.6) is 0 Å². The summed E-state index contributed by atoms with van der Waals surface area (Å²) in [4.78, 5) is 25.4. The summed E-state index contributed by atoms with van der Waals surface area (Å²) in [5.41, 5.74) is -0.892. The summed E-state index contributed by atoms with van der Waals surface area (Å²) in [5, 5.41) is 0. The molecule has 0 spiro atoms. The molecule has 0 rings (SSSR count). The molecule has 4 heteroatoms. The van der Waals surface area contributed by atoms with Crippen molar-refractivity contribution in [3.8, 4) is 0 Å². The van der Waals surface area contributed by atoms with Crippen LogP contribution in [-0.4, -0.2) is 25.2 Å². The van der Waals surface area contributed by atoms with Crippen LogP contribution in [0.1, 0.15) is 62.3 Å². The molecule has 0 aliphatic heterocycles. The van der Waals surface area contributed by atoms with Gasteiger partial charge in [-0.05, 0) is 30.6 Å². The molecule has 0 saturated carbocycles. The van der Waals surface area contributed by atoms with Gasteiger partial charge in [-0.25, -0.2) is 0 Å². The Hall–Kier alpha value is -1.06. The van der Waals surface area contributed by atoms with Gasteiger partial charge >= 0.3 is 11.9 Å². The summed E-state index contributed by atoms with van der Waals surface area (Å²) < 4.78 is 10.9. The van der Waals surface area contributed by atoms with Gasteiger partial charge in [-0.15, -0.1) is 0 Å². The third-order valence-corrected chi connectivity index (χ3v) is 4.31. The van der Waals surface area contributed by atoms with Gasteiger partial charge in [-0.1, -0.05) is 55.4 Å². The minimum atomic E-state index is -0.892. The topological polar surface area (TPSA) is 52.6 Å². The number of carbonyl (C=O) groups is 2. The maximum Gasteiger partial charge on any atom is 0.312 e. The zero-order valence-corrected chi connectivity index (χ0v) is 16.4. The molecule has 0 amide bonds. The van der Waals surface area contributed by atoms with Crippen molar-refractivity contribution in [3.05, 3.63) is 0 Å². The third kappa shape index (κ3) is 6.15. The lowest BCUT2D eigenvalue weighted by atomic mass is 9.65. The molecule has 23 heavy (non-hydrogen) atoms. The fourth-order valence-electron chi connectivity index (χ4n) is 2.67. The van der Waals surface area contributed by atoms with Crippen LogP contribution in [0.25, 0.3) is 0 Å². The first-order valence-corrected chi connectivity index (χ1v) is 8.78. The van der Waals surface area contributed by atoms with E-state index in [-0.39, 0.29) is 35.6 Å². The van der Waals surface area contributed by atoms with E-state index in [2.05, 4.69) is 0 Å². The van der Waals surface area contributed by atoms with Crippen molar-refractivity contribution in [2.75, 3.05) is 13.2 Å². The van der Waals surface area contributed by atoms with Gasteiger partial charge in [0, 0.05) is 0 Å². The Kier molecular flexibility index (Phi) is 8.86. The van der Waals surface area contributed by atoms with E-state index in [1.165, 1.54) is 0 Å². The first-order valence-electron chi connectivity index (χ1n) is 8.78. The molecule has 0 aliphatic rings. The summed E-state index contributed by atoms with van der Waals surface area (Å²) in [5.74, 6) is -0.616. The van der Waals surface area contributed by atoms with Crippen molar-refractivity contribution >= 4 is 11.9 Å². The molecule has 0 heterocycles. The Balaban J connectivity index is 5.45. The highest BCUT2D eigenvalue weighted by atomic mass is 16.5. The SMILES string of the molecule is CC(C)COC(=O)C(C(C)C)C(C)(C(=O)OCC(C)C)C(C)C. The minimum Gasteiger partial charge on any atom is -0.465 e. The minimum absolute atomic E-state index is 0.00587. The molecule has 0 radical (unpaired) electrons. The molecule has 0 aromatic heterocycles. The zero-order valence-electron chi connectivity index (χ0n) is 16.4.